The van der Waals surface area contributed by atoms with Crippen molar-refractivity contribution in [1.82, 2.24) is 0 Å². The van der Waals surface area contributed by atoms with Gasteiger partial charge < -0.3 is 5.11 Å². The van der Waals surface area contributed by atoms with Gasteiger partial charge in [-0.2, -0.15) is 0 Å². The molecular weight excluding hydrogens is 328 g/mol. The van der Waals surface area contributed by atoms with E-state index in [9.17, 15) is 9.90 Å². The van der Waals surface area contributed by atoms with Gasteiger partial charge in [0.05, 0.1) is 5.92 Å². The van der Waals surface area contributed by atoms with E-state index < -0.39 is 5.97 Å². The molecule has 0 heterocycles. The minimum atomic E-state index is -0.617. The van der Waals surface area contributed by atoms with E-state index in [-0.39, 0.29) is 5.92 Å². The lowest BCUT2D eigenvalue weighted by molar-refractivity contribution is -0.142. The monoisotopic (exact) mass is 352 g/mol. The van der Waals surface area contributed by atoms with Gasteiger partial charge in [0.1, 0.15) is 0 Å². The van der Waals surface area contributed by atoms with Crippen LogP contribution < -0.4 is 0 Å². The topological polar surface area (TPSA) is 37.3 Å². The average molecular weight is 353 g/mol. The maximum absolute atomic E-state index is 11.5. The number of carboxylic acid groups (broad SMARTS) is 1. The van der Waals surface area contributed by atoms with E-state index >= 15 is 0 Å². The van der Waals surface area contributed by atoms with Gasteiger partial charge in [0.2, 0.25) is 0 Å². The molecular formula is C18H25BrO2. The molecule has 1 saturated carbocycles. The standard InChI is InChI=1S/C18H25BrO2/c19-13-16-8-6-15(7-9-16)12-17(18(20)21)11-10-14-4-2-1-3-5-14/h1-5,15-17H,6-13H2,(H,20,21)/t15-,16-,17?. The Kier molecular flexibility index (Phi) is 6.75. The summed E-state index contributed by atoms with van der Waals surface area (Å²) in [5.74, 6) is 0.607. The van der Waals surface area contributed by atoms with Gasteiger partial charge in [0.25, 0.3) is 0 Å². The minimum absolute atomic E-state index is 0.185. The molecule has 1 unspecified atom stereocenters. The second-order valence-electron chi connectivity index (χ2n) is 6.34. The van der Waals surface area contributed by atoms with Gasteiger partial charge in [-0.3, -0.25) is 4.79 Å². The molecule has 2 nitrogen and oxygen atoms in total. The van der Waals surface area contributed by atoms with E-state index in [0.717, 1.165) is 30.5 Å². The summed E-state index contributed by atoms with van der Waals surface area (Å²) in [5, 5.41) is 10.6. The number of hydrogen-bond donors (Lipinski definition) is 1. The SMILES string of the molecule is O=C(O)C(CCc1ccccc1)C[C@H]1CC[C@H](CBr)CC1. The zero-order valence-corrected chi connectivity index (χ0v) is 14.1. The van der Waals surface area contributed by atoms with E-state index in [1.807, 2.05) is 18.2 Å². The van der Waals surface area contributed by atoms with Crippen molar-refractivity contribution in [2.75, 3.05) is 5.33 Å². The van der Waals surface area contributed by atoms with Gasteiger partial charge in [-0.25, -0.2) is 0 Å². The highest BCUT2D eigenvalue weighted by Gasteiger charge is 2.26. The number of rotatable bonds is 7. The fourth-order valence-corrected chi connectivity index (χ4v) is 4.00. The van der Waals surface area contributed by atoms with Crippen molar-refractivity contribution in [3.63, 3.8) is 0 Å². The lowest BCUT2D eigenvalue weighted by Gasteiger charge is -2.29. The van der Waals surface area contributed by atoms with Gasteiger partial charge in [0, 0.05) is 5.33 Å². The molecule has 1 aromatic rings. The molecule has 1 aliphatic carbocycles. The van der Waals surface area contributed by atoms with Crippen molar-refractivity contribution in [3.8, 4) is 0 Å². The summed E-state index contributed by atoms with van der Waals surface area (Å²) in [7, 11) is 0. The van der Waals surface area contributed by atoms with Crippen molar-refractivity contribution >= 4 is 21.9 Å². The van der Waals surface area contributed by atoms with Crippen LogP contribution in [0.25, 0.3) is 0 Å². The molecule has 0 aromatic heterocycles. The van der Waals surface area contributed by atoms with Crippen LogP contribution in [0.5, 0.6) is 0 Å². The predicted molar refractivity (Wildman–Crippen MR) is 89.7 cm³/mol. The van der Waals surface area contributed by atoms with E-state index in [0.29, 0.717) is 5.92 Å². The van der Waals surface area contributed by atoms with Gasteiger partial charge in [0.15, 0.2) is 0 Å². The number of benzene rings is 1. The quantitative estimate of drug-likeness (QED) is 0.707. The molecule has 116 valence electrons. The summed E-state index contributed by atoms with van der Waals surface area (Å²) in [6.45, 7) is 0. The smallest absolute Gasteiger partial charge is 0.306 e. The normalized spacial score (nSPS) is 23.7. The molecule has 21 heavy (non-hydrogen) atoms. The number of hydrogen-bond acceptors (Lipinski definition) is 1. The first-order chi connectivity index (χ1) is 10.2. The molecule has 0 saturated heterocycles. The number of aliphatic carboxylic acids is 1. The molecule has 3 heteroatoms. The fourth-order valence-electron chi connectivity index (χ4n) is 3.35. The molecule has 0 radical (unpaired) electrons. The van der Waals surface area contributed by atoms with Crippen molar-refractivity contribution in [3.05, 3.63) is 35.9 Å². The van der Waals surface area contributed by atoms with Crippen molar-refractivity contribution in [2.45, 2.75) is 44.9 Å². The second kappa shape index (κ2) is 8.57. The molecule has 1 fully saturated rings. The third-order valence-electron chi connectivity index (χ3n) is 4.78. The maximum Gasteiger partial charge on any atom is 0.306 e. The van der Waals surface area contributed by atoms with Crippen LogP contribution in [0.1, 0.15) is 44.1 Å². The summed E-state index contributed by atoms with van der Waals surface area (Å²) in [6, 6.07) is 10.2. The Balaban J connectivity index is 1.81. The van der Waals surface area contributed by atoms with Crippen LogP contribution in [0.4, 0.5) is 0 Å². The molecule has 1 N–H and O–H groups in total. The van der Waals surface area contributed by atoms with Crippen LogP contribution in [-0.2, 0) is 11.2 Å². The first kappa shape index (κ1) is 16.5. The fraction of sp³-hybridized carbons (Fsp3) is 0.611. The molecule has 0 aliphatic heterocycles. The highest BCUT2D eigenvalue weighted by Crippen LogP contribution is 2.34. The Morgan fingerprint density at radius 1 is 1.14 bits per heavy atom. The largest absolute Gasteiger partial charge is 0.481 e. The Morgan fingerprint density at radius 2 is 1.76 bits per heavy atom. The van der Waals surface area contributed by atoms with Gasteiger partial charge in [-0.05, 0) is 49.5 Å². The Hall–Kier alpha value is -0.830. The van der Waals surface area contributed by atoms with Crippen molar-refractivity contribution in [1.29, 1.82) is 0 Å². The van der Waals surface area contributed by atoms with Gasteiger partial charge in [-0.15, -0.1) is 0 Å². The van der Waals surface area contributed by atoms with E-state index in [1.165, 1.54) is 31.2 Å². The number of halogens is 1. The van der Waals surface area contributed by atoms with Crippen LogP contribution in [0.2, 0.25) is 0 Å². The van der Waals surface area contributed by atoms with Crippen LogP contribution in [0.3, 0.4) is 0 Å². The van der Waals surface area contributed by atoms with Crippen LogP contribution >= 0.6 is 15.9 Å². The maximum atomic E-state index is 11.5. The Labute approximate surface area is 136 Å². The lowest BCUT2D eigenvalue weighted by Crippen LogP contribution is -2.22. The summed E-state index contributed by atoms with van der Waals surface area (Å²) < 4.78 is 0. The highest BCUT2D eigenvalue weighted by atomic mass is 79.9. The molecule has 1 aliphatic rings. The molecule has 0 bridgehead atoms. The summed E-state index contributed by atoms with van der Waals surface area (Å²) in [5.41, 5.74) is 1.24. The first-order valence-corrected chi connectivity index (χ1v) is 9.14. The number of alkyl halides is 1. The van der Waals surface area contributed by atoms with E-state index in [4.69, 9.17) is 0 Å². The van der Waals surface area contributed by atoms with Crippen LogP contribution in [-0.4, -0.2) is 16.4 Å². The molecule has 1 aromatic carbocycles. The third-order valence-corrected chi connectivity index (χ3v) is 5.69. The number of carboxylic acids is 1. The second-order valence-corrected chi connectivity index (χ2v) is 6.98. The van der Waals surface area contributed by atoms with Crippen LogP contribution in [0.15, 0.2) is 30.3 Å². The third kappa shape index (κ3) is 5.46. The number of carbonyl (C=O) groups is 1. The van der Waals surface area contributed by atoms with E-state index in [2.05, 4.69) is 28.1 Å². The summed E-state index contributed by atoms with van der Waals surface area (Å²) in [4.78, 5) is 11.5. The van der Waals surface area contributed by atoms with Gasteiger partial charge >= 0.3 is 5.97 Å². The zero-order valence-electron chi connectivity index (χ0n) is 12.5. The van der Waals surface area contributed by atoms with Gasteiger partial charge in [-0.1, -0.05) is 59.1 Å². The summed E-state index contributed by atoms with van der Waals surface area (Å²) >= 11 is 3.56. The first-order valence-electron chi connectivity index (χ1n) is 8.01. The highest BCUT2D eigenvalue weighted by molar-refractivity contribution is 9.09. The zero-order chi connectivity index (χ0) is 15.1. The predicted octanol–water partition coefficient (Wildman–Crippen LogP) is 4.91. The van der Waals surface area contributed by atoms with Crippen molar-refractivity contribution < 1.29 is 9.90 Å². The van der Waals surface area contributed by atoms with E-state index in [1.54, 1.807) is 0 Å². The summed E-state index contributed by atoms with van der Waals surface area (Å²) in [6.07, 6.45) is 7.39. The van der Waals surface area contributed by atoms with Crippen LogP contribution in [0, 0.1) is 17.8 Å². The van der Waals surface area contributed by atoms with Crippen molar-refractivity contribution in [2.24, 2.45) is 17.8 Å². The molecule has 0 amide bonds. The lowest BCUT2D eigenvalue weighted by atomic mass is 9.78. The Bertz CT molecular complexity index is 424. The molecule has 0 spiro atoms. The average Bonchev–Trinajstić information content (AvgIpc) is 2.52. The number of aryl methyl sites for hydroxylation is 1. The Morgan fingerprint density at radius 3 is 2.33 bits per heavy atom. The molecule has 2 rings (SSSR count). The molecule has 1 atom stereocenters. The minimum Gasteiger partial charge on any atom is -0.481 e.